The standard InChI is InChI=1S/C17H16N2OS2/c1-11-6-7-12(2)16-15(11)19(3)17(22-16)18-14(20)9-8-13-5-4-10-21-13/h4-10H,1-3H3. The monoisotopic (exact) mass is 328 g/mol. The van der Waals surface area contributed by atoms with E-state index in [-0.39, 0.29) is 5.91 Å². The Bertz CT molecular complexity index is 928. The summed E-state index contributed by atoms with van der Waals surface area (Å²) in [5, 5.41) is 1.98. The van der Waals surface area contributed by atoms with Crippen molar-refractivity contribution in [1.29, 1.82) is 0 Å². The third-order valence-electron chi connectivity index (χ3n) is 3.48. The van der Waals surface area contributed by atoms with Gasteiger partial charge in [0.05, 0.1) is 10.2 Å². The molecule has 112 valence electrons. The predicted molar refractivity (Wildman–Crippen MR) is 94.2 cm³/mol. The van der Waals surface area contributed by atoms with E-state index in [1.54, 1.807) is 28.7 Å². The van der Waals surface area contributed by atoms with Crippen LogP contribution in [0.4, 0.5) is 0 Å². The molecule has 0 spiro atoms. The number of carbonyl (C=O) groups is 1. The molecule has 3 aromatic rings. The Hall–Kier alpha value is -1.98. The predicted octanol–water partition coefficient (Wildman–Crippen LogP) is 4.06. The van der Waals surface area contributed by atoms with Crippen LogP contribution in [0.1, 0.15) is 16.0 Å². The minimum atomic E-state index is -0.231. The minimum Gasteiger partial charge on any atom is -0.319 e. The highest BCUT2D eigenvalue weighted by Gasteiger charge is 2.08. The fourth-order valence-corrected chi connectivity index (χ4v) is 4.13. The molecule has 0 radical (unpaired) electrons. The Labute approximate surface area is 136 Å². The maximum atomic E-state index is 12.1. The molecule has 1 amide bonds. The van der Waals surface area contributed by atoms with Gasteiger partial charge in [-0.05, 0) is 42.5 Å². The van der Waals surface area contributed by atoms with Gasteiger partial charge in [0.1, 0.15) is 0 Å². The van der Waals surface area contributed by atoms with Gasteiger partial charge in [-0.2, -0.15) is 4.99 Å². The van der Waals surface area contributed by atoms with Gasteiger partial charge in [0.25, 0.3) is 5.91 Å². The van der Waals surface area contributed by atoms with E-state index in [0.29, 0.717) is 0 Å². The highest BCUT2D eigenvalue weighted by atomic mass is 32.1. The number of fused-ring (bicyclic) bond motifs is 1. The van der Waals surface area contributed by atoms with Gasteiger partial charge in [0.2, 0.25) is 0 Å². The normalized spacial score (nSPS) is 12.6. The summed E-state index contributed by atoms with van der Waals surface area (Å²) in [6, 6.07) is 8.15. The van der Waals surface area contributed by atoms with Gasteiger partial charge in [0, 0.05) is 18.0 Å². The average Bonchev–Trinajstić information content (AvgIpc) is 3.11. The lowest BCUT2D eigenvalue weighted by atomic mass is 10.1. The van der Waals surface area contributed by atoms with E-state index in [0.717, 1.165) is 15.2 Å². The molecule has 0 unspecified atom stereocenters. The molecule has 22 heavy (non-hydrogen) atoms. The number of aromatic nitrogens is 1. The fourth-order valence-electron chi connectivity index (χ4n) is 2.34. The molecule has 2 aromatic heterocycles. The molecule has 0 N–H and O–H groups in total. The third kappa shape index (κ3) is 2.82. The molecular weight excluding hydrogens is 312 g/mol. The first-order valence-electron chi connectivity index (χ1n) is 6.92. The molecule has 0 aliphatic carbocycles. The lowest BCUT2D eigenvalue weighted by molar-refractivity contribution is -0.113. The molecule has 3 nitrogen and oxygen atoms in total. The van der Waals surface area contributed by atoms with E-state index in [4.69, 9.17) is 0 Å². The molecule has 0 bridgehead atoms. The summed E-state index contributed by atoms with van der Waals surface area (Å²) in [6.07, 6.45) is 3.33. The van der Waals surface area contributed by atoms with E-state index in [1.807, 2.05) is 29.1 Å². The van der Waals surface area contributed by atoms with Gasteiger partial charge >= 0.3 is 0 Å². The largest absolute Gasteiger partial charge is 0.319 e. The number of carbonyl (C=O) groups excluding carboxylic acids is 1. The van der Waals surface area contributed by atoms with E-state index >= 15 is 0 Å². The van der Waals surface area contributed by atoms with Crippen LogP contribution in [0, 0.1) is 13.8 Å². The topological polar surface area (TPSA) is 34.4 Å². The van der Waals surface area contributed by atoms with Crippen LogP contribution in [-0.4, -0.2) is 10.5 Å². The zero-order valence-electron chi connectivity index (χ0n) is 12.7. The summed E-state index contributed by atoms with van der Waals surface area (Å²) in [5.74, 6) is -0.231. The van der Waals surface area contributed by atoms with Gasteiger partial charge in [-0.3, -0.25) is 4.79 Å². The van der Waals surface area contributed by atoms with Gasteiger partial charge in [-0.1, -0.05) is 29.5 Å². The lowest BCUT2D eigenvalue weighted by Crippen LogP contribution is -2.12. The first kappa shape index (κ1) is 14.9. The zero-order chi connectivity index (χ0) is 15.7. The fraction of sp³-hybridized carbons (Fsp3) is 0.176. The second-order valence-electron chi connectivity index (χ2n) is 5.12. The van der Waals surface area contributed by atoms with Crippen molar-refractivity contribution in [2.45, 2.75) is 13.8 Å². The van der Waals surface area contributed by atoms with Crippen molar-refractivity contribution in [2.24, 2.45) is 12.0 Å². The quantitative estimate of drug-likeness (QED) is 0.653. The molecule has 3 rings (SSSR count). The van der Waals surface area contributed by atoms with Crippen molar-refractivity contribution in [3.8, 4) is 0 Å². The third-order valence-corrected chi connectivity index (χ3v) is 5.59. The number of hydrogen-bond acceptors (Lipinski definition) is 3. The molecular formula is C17H16N2OS2. The minimum absolute atomic E-state index is 0.231. The van der Waals surface area contributed by atoms with Crippen LogP contribution < -0.4 is 4.80 Å². The molecule has 1 aromatic carbocycles. The van der Waals surface area contributed by atoms with Crippen LogP contribution in [0.15, 0.2) is 40.7 Å². The number of amides is 1. The summed E-state index contributed by atoms with van der Waals surface area (Å²) in [7, 11) is 1.96. The molecule has 5 heteroatoms. The number of rotatable bonds is 2. The van der Waals surface area contributed by atoms with E-state index in [2.05, 4.69) is 31.0 Å². The van der Waals surface area contributed by atoms with Crippen LogP contribution in [0.25, 0.3) is 16.3 Å². The second kappa shape index (κ2) is 6.02. The van der Waals surface area contributed by atoms with E-state index in [9.17, 15) is 4.79 Å². The second-order valence-corrected chi connectivity index (χ2v) is 7.08. The Morgan fingerprint density at radius 3 is 2.68 bits per heavy atom. The van der Waals surface area contributed by atoms with Crippen LogP contribution in [-0.2, 0) is 11.8 Å². The first-order chi connectivity index (χ1) is 10.6. The van der Waals surface area contributed by atoms with E-state index in [1.165, 1.54) is 21.9 Å². The SMILES string of the molecule is Cc1ccc(C)c2c1sc(=NC(=O)C=Cc1cccs1)n2C. The first-order valence-corrected chi connectivity index (χ1v) is 8.62. The molecule has 0 fully saturated rings. The number of nitrogens with zero attached hydrogens (tertiary/aromatic N) is 2. The summed E-state index contributed by atoms with van der Waals surface area (Å²) < 4.78 is 3.19. The number of benzene rings is 1. The van der Waals surface area contributed by atoms with Gasteiger partial charge in [-0.15, -0.1) is 11.3 Å². The number of thiazole rings is 1. The Balaban J connectivity index is 2.03. The Morgan fingerprint density at radius 2 is 2.00 bits per heavy atom. The maximum Gasteiger partial charge on any atom is 0.272 e. The average molecular weight is 328 g/mol. The van der Waals surface area contributed by atoms with Crippen molar-refractivity contribution in [3.05, 3.63) is 56.5 Å². The summed E-state index contributed by atoms with van der Waals surface area (Å²) >= 11 is 3.16. The Morgan fingerprint density at radius 1 is 1.23 bits per heavy atom. The number of aryl methyl sites for hydroxylation is 3. The summed E-state index contributed by atoms with van der Waals surface area (Å²) in [6.45, 7) is 4.16. The zero-order valence-corrected chi connectivity index (χ0v) is 14.3. The molecule has 0 saturated heterocycles. The Kier molecular flexibility index (Phi) is 4.09. The maximum absolute atomic E-state index is 12.1. The van der Waals surface area contributed by atoms with Crippen molar-refractivity contribution in [1.82, 2.24) is 4.57 Å². The highest BCUT2D eigenvalue weighted by Crippen LogP contribution is 2.23. The molecule has 2 heterocycles. The van der Waals surface area contributed by atoms with Crippen molar-refractivity contribution in [3.63, 3.8) is 0 Å². The highest BCUT2D eigenvalue weighted by molar-refractivity contribution is 7.16. The van der Waals surface area contributed by atoms with Crippen LogP contribution in [0.5, 0.6) is 0 Å². The summed E-state index contributed by atoms with van der Waals surface area (Å²) in [5.41, 5.74) is 3.56. The smallest absolute Gasteiger partial charge is 0.272 e. The van der Waals surface area contributed by atoms with Gasteiger partial charge in [0.15, 0.2) is 4.80 Å². The van der Waals surface area contributed by atoms with Gasteiger partial charge < -0.3 is 4.57 Å². The lowest BCUT2D eigenvalue weighted by Gasteiger charge is -2.01. The van der Waals surface area contributed by atoms with Crippen LogP contribution in [0.2, 0.25) is 0 Å². The van der Waals surface area contributed by atoms with Crippen LogP contribution >= 0.6 is 22.7 Å². The molecule has 0 aliphatic rings. The molecule has 0 aliphatic heterocycles. The van der Waals surface area contributed by atoms with Crippen molar-refractivity contribution in [2.75, 3.05) is 0 Å². The van der Waals surface area contributed by atoms with E-state index < -0.39 is 0 Å². The molecule has 0 atom stereocenters. The summed E-state index contributed by atoms with van der Waals surface area (Å²) in [4.78, 5) is 18.1. The number of hydrogen-bond donors (Lipinski definition) is 0. The van der Waals surface area contributed by atoms with Gasteiger partial charge in [-0.25, -0.2) is 0 Å². The van der Waals surface area contributed by atoms with Crippen molar-refractivity contribution >= 4 is 44.9 Å². The van der Waals surface area contributed by atoms with Crippen molar-refractivity contribution < 1.29 is 4.79 Å². The number of thiophene rings is 1. The van der Waals surface area contributed by atoms with Crippen LogP contribution in [0.3, 0.4) is 0 Å². The molecule has 0 saturated carbocycles.